The molecule has 0 aromatic heterocycles. The van der Waals surface area contributed by atoms with E-state index in [1.165, 1.54) is 37.4 Å². The summed E-state index contributed by atoms with van der Waals surface area (Å²) in [6.45, 7) is -0.308. The first-order chi connectivity index (χ1) is 11.4. The van der Waals surface area contributed by atoms with Crippen LogP contribution < -0.4 is 5.32 Å². The van der Waals surface area contributed by atoms with Gasteiger partial charge in [0.15, 0.2) is 0 Å². The zero-order valence-electron chi connectivity index (χ0n) is 12.6. The van der Waals surface area contributed by atoms with Crippen LogP contribution in [-0.2, 0) is 11.3 Å². The molecule has 9 heteroatoms. The summed E-state index contributed by atoms with van der Waals surface area (Å²) in [6, 6.07) is 9.72. The van der Waals surface area contributed by atoms with Crippen molar-refractivity contribution in [3.63, 3.8) is 0 Å². The standard InChI is InChI=1S/C15H13N3O6/c1-16-12-7-6-10(8-14(12)18(22)23)15(19)24-9-11-4-2-3-5-13(11)17(20)21/h2-8,16H,9H2,1H3. The van der Waals surface area contributed by atoms with E-state index in [0.717, 1.165) is 6.07 Å². The number of carbonyl (C=O) groups is 1. The van der Waals surface area contributed by atoms with Crippen LogP contribution >= 0.6 is 0 Å². The van der Waals surface area contributed by atoms with E-state index >= 15 is 0 Å². The van der Waals surface area contributed by atoms with Gasteiger partial charge in [0.05, 0.1) is 21.0 Å². The molecule has 2 rings (SSSR count). The minimum absolute atomic E-state index is 0.0146. The zero-order chi connectivity index (χ0) is 17.7. The van der Waals surface area contributed by atoms with E-state index in [4.69, 9.17) is 4.74 Å². The summed E-state index contributed by atoms with van der Waals surface area (Å²) in [5.41, 5.74) is 0.0474. The van der Waals surface area contributed by atoms with E-state index in [9.17, 15) is 25.0 Å². The second kappa shape index (κ2) is 7.18. The maximum Gasteiger partial charge on any atom is 0.338 e. The number of nitrogens with one attached hydrogen (secondary N) is 1. The molecule has 0 amide bonds. The van der Waals surface area contributed by atoms with E-state index in [1.807, 2.05) is 0 Å². The average Bonchev–Trinajstić information content (AvgIpc) is 2.59. The molecule has 0 saturated heterocycles. The number of hydrogen-bond acceptors (Lipinski definition) is 7. The van der Waals surface area contributed by atoms with Gasteiger partial charge in [0.25, 0.3) is 11.4 Å². The molecule has 0 radical (unpaired) electrons. The van der Waals surface area contributed by atoms with Crippen LogP contribution in [0.25, 0.3) is 0 Å². The molecule has 0 fully saturated rings. The lowest BCUT2D eigenvalue weighted by Crippen LogP contribution is -2.08. The van der Waals surface area contributed by atoms with Crippen molar-refractivity contribution in [2.75, 3.05) is 12.4 Å². The van der Waals surface area contributed by atoms with Gasteiger partial charge in [-0.25, -0.2) is 4.79 Å². The molecule has 2 aromatic carbocycles. The molecule has 0 unspecified atom stereocenters. The maximum atomic E-state index is 12.0. The summed E-state index contributed by atoms with van der Waals surface area (Å²) in [6.07, 6.45) is 0. The number of anilines is 1. The summed E-state index contributed by atoms with van der Waals surface area (Å²) in [5.74, 6) is -0.807. The summed E-state index contributed by atoms with van der Waals surface area (Å²) >= 11 is 0. The Morgan fingerprint density at radius 2 is 1.75 bits per heavy atom. The first kappa shape index (κ1) is 16.9. The molecule has 0 spiro atoms. The Hall–Kier alpha value is -3.49. The molecule has 0 aliphatic rings. The van der Waals surface area contributed by atoms with Gasteiger partial charge in [0, 0.05) is 19.2 Å². The minimum atomic E-state index is -0.807. The summed E-state index contributed by atoms with van der Waals surface area (Å²) in [4.78, 5) is 32.7. The molecule has 2 aromatic rings. The monoisotopic (exact) mass is 331 g/mol. The summed E-state index contributed by atoms with van der Waals surface area (Å²) in [5, 5.41) is 24.6. The lowest BCUT2D eigenvalue weighted by Gasteiger charge is -2.07. The largest absolute Gasteiger partial charge is 0.457 e. The fraction of sp³-hybridized carbons (Fsp3) is 0.133. The number of ether oxygens (including phenoxy) is 1. The molecule has 0 aliphatic carbocycles. The van der Waals surface area contributed by atoms with E-state index in [2.05, 4.69) is 5.32 Å². The fourth-order valence-corrected chi connectivity index (χ4v) is 2.06. The quantitative estimate of drug-likeness (QED) is 0.490. The van der Waals surface area contributed by atoms with Gasteiger partial charge in [-0.1, -0.05) is 12.1 Å². The second-order valence-corrected chi connectivity index (χ2v) is 4.70. The van der Waals surface area contributed by atoms with Gasteiger partial charge in [-0.05, 0) is 18.2 Å². The maximum absolute atomic E-state index is 12.0. The van der Waals surface area contributed by atoms with Crippen LogP contribution in [0.2, 0.25) is 0 Å². The molecule has 9 nitrogen and oxygen atoms in total. The highest BCUT2D eigenvalue weighted by Gasteiger charge is 2.19. The number of nitrogens with zero attached hydrogens (tertiary/aromatic N) is 2. The van der Waals surface area contributed by atoms with Crippen LogP contribution in [0.3, 0.4) is 0 Å². The van der Waals surface area contributed by atoms with Gasteiger partial charge in [-0.15, -0.1) is 0 Å². The van der Waals surface area contributed by atoms with E-state index < -0.39 is 15.8 Å². The lowest BCUT2D eigenvalue weighted by atomic mass is 10.1. The van der Waals surface area contributed by atoms with Gasteiger partial charge in [-0.2, -0.15) is 0 Å². The minimum Gasteiger partial charge on any atom is -0.457 e. The molecule has 0 saturated carbocycles. The van der Waals surface area contributed by atoms with Gasteiger partial charge >= 0.3 is 5.97 Å². The Balaban J connectivity index is 2.18. The Morgan fingerprint density at radius 1 is 1.08 bits per heavy atom. The molecule has 0 bridgehead atoms. The Labute approximate surface area is 136 Å². The third kappa shape index (κ3) is 3.64. The lowest BCUT2D eigenvalue weighted by molar-refractivity contribution is -0.385. The first-order valence-electron chi connectivity index (χ1n) is 6.79. The number of nitro benzene ring substituents is 2. The van der Waals surface area contributed by atoms with Crippen LogP contribution in [0.4, 0.5) is 17.1 Å². The van der Waals surface area contributed by atoms with Crippen molar-refractivity contribution < 1.29 is 19.4 Å². The molecular weight excluding hydrogens is 318 g/mol. The highest BCUT2D eigenvalue weighted by molar-refractivity contribution is 5.91. The topological polar surface area (TPSA) is 125 Å². The fourth-order valence-electron chi connectivity index (χ4n) is 2.06. The second-order valence-electron chi connectivity index (χ2n) is 4.70. The molecule has 0 aliphatic heterocycles. The predicted octanol–water partition coefficient (Wildman–Crippen LogP) is 2.90. The van der Waals surface area contributed by atoms with Crippen molar-refractivity contribution in [2.24, 2.45) is 0 Å². The van der Waals surface area contributed by atoms with Gasteiger partial charge in [-0.3, -0.25) is 20.2 Å². The summed E-state index contributed by atoms with van der Waals surface area (Å²) in [7, 11) is 1.52. The van der Waals surface area contributed by atoms with Crippen LogP contribution in [0.15, 0.2) is 42.5 Å². The van der Waals surface area contributed by atoms with E-state index in [-0.39, 0.29) is 34.8 Å². The number of nitro groups is 2. The van der Waals surface area contributed by atoms with Crippen molar-refractivity contribution in [3.8, 4) is 0 Å². The van der Waals surface area contributed by atoms with Gasteiger partial charge < -0.3 is 10.1 Å². The van der Waals surface area contributed by atoms with Crippen LogP contribution in [0.1, 0.15) is 15.9 Å². The van der Waals surface area contributed by atoms with Crippen LogP contribution in [-0.4, -0.2) is 22.9 Å². The first-order valence-corrected chi connectivity index (χ1v) is 6.79. The van der Waals surface area contributed by atoms with Crippen LogP contribution in [0, 0.1) is 20.2 Å². The van der Waals surface area contributed by atoms with Gasteiger partial charge in [0.1, 0.15) is 12.3 Å². The Morgan fingerprint density at radius 3 is 2.38 bits per heavy atom. The molecule has 0 atom stereocenters. The third-order valence-corrected chi connectivity index (χ3v) is 3.25. The number of para-hydroxylation sites is 1. The third-order valence-electron chi connectivity index (χ3n) is 3.25. The molecule has 1 N–H and O–H groups in total. The van der Waals surface area contributed by atoms with Crippen LogP contribution in [0.5, 0.6) is 0 Å². The number of benzene rings is 2. The SMILES string of the molecule is CNc1ccc(C(=O)OCc2ccccc2[N+](=O)[O-])cc1[N+](=O)[O-]. The number of carbonyl (C=O) groups excluding carboxylic acids is 1. The normalized spacial score (nSPS) is 10.0. The Bertz CT molecular complexity index is 806. The molecule has 24 heavy (non-hydrogen) atoms. The van der Waals surface area contributed by atoms with Crippen molar-refractivity contribution in [1.29, 1.82) is 0 Å². The van der Waals surface area contributed by atoms with Crippen molar-refractivity contribution in [1.82, 2.24) is 0 Å². The molecule has 0 heterocycles. The highest BCUT2D eigenvalue weighted by atomic mass is 16.6. The van der Waals surface area contributed by atoms with Crippen molar-refractivity contribution >= 4 is 23.0 Å². The number of esters is 1. The number of hydrogen-bond donors (Lipinski definition) is 1. The Kier molecular flexibility index (Phi) is 5.05. The predicted molar refractivity (Wildman–Crippen MR) is 84.9 cm³/mol. The van der Waals surface area contributed by atoms with Crippen molar-refractivity contribution in [2.45, 2.75) is 6.61 Å². The van der Waals surface area contributed by atoms with E-state index in [0.29, 0.717) is 0 Å². The summed E-state index contributed by atoms with van der Waals surface area (Å²) < 4.78 is 5.03. The highest BCUT2D eigenvalue weighted by Crippen LogP contribution is 2.26. The average molecular weight is 331 g/mol. The van der Waals surface area contributed by atoms with Gasteiger partial charge in [0.2, 0.25) is 0 Å². The molecular formula is C15H13N3O6. The molecule has 124 valence electrons. The van der Waals surface area contributed by atoms with E-state index in [1.54, 1.807) is 6.07 Å². The zero-order valence-corrected chi connectivity index (χ0v) is 12.6. The van der Waals surface area contributed by atoms with Crippen molar-refractivity contribution in [3.05, 3.63) is 73.8 Å². The number of rotatable bonds is 6. The smallest absolute Gasteiger partial charge is 0.338 e.